The molecule has 0 radical (unpaired) electrons. The second-order valence-corrected chi connectivity index (χ2v) is 4.96. The Hall–Kier alpha value is -1.93. The normalized spacial score (nSPS) is 37.6. The number of rotatable bonds is 4. The van der Waals surface area contributed by atoms with E-state index in [1.165, 1.54) is 13.2 Å². The van der Waals surface area contributed by atoms with Crippen LogP contribution in [0.1, 0.15) is 6.42 Å². The standard InChI is InChI=1S/C13H17NO7/c1-4-6-9(16)8-11(17)14-10(12(18)20-3)13(8,21-6)5-7(15)19-2/h4,6,8-10,16H,1,5H2,2-3H3,(H,14,17)/t6-,8?,9+,10-,13+/m0/s1. The molecular formula is C13H17NO7. The van der Waals surface area contributed by atoms with Gasteiger partial charge in [-0.1, -0.05) is 6.08 Å². The zero-order chi connectivity index (χ0) is 15.8. The maximum Gasteiger partial charge on any atom is 0.331 e. The van der Waals surface area contributed by atoms with E-state index in [4.69, 9.17) is 4.74 Å². The van der Waals surface area contributed by atoms with E-state index in [0.717, 1.165) is 7.11 Å². The van der Waals surface area contributed by atoms with E-state index in [-0.39, 0.29) is 6.42 Å². The Bertz CT molecular complexity index is 491. The number of esters is 2. The fraction of sp³-hybridized carbons (Fsp3) is 0.615. The van der Waals surface area contributed by atoms with E-state index < -0.39 is 47.6 Å². The molecular weight excluding hydrogens is 282 g/mol. The van der Waals surface area contributed by atoms with Gasteiger partial charge in [0.15, 0.2) is 6.04 Å². The molecule has 2 aliphatic heterocycles. The van der Waals surface area contributed by atoms with Crippen LogP contribution >= 0.6 is 0 Å². The van der Waals surface area contributed by atoms with Crippen LogP contribution in [0.5, 0.6) is 0 Å². The van der Waals surface area contributed by atoms with Crippen molar-refractivity contribution in [2.45, 2.75) is 30.3 Å². The number of methoxy groups -OCH3 is 2. The summed E-state index contributed by atoms with van der Waals surface area (Å²) < 4.78 is 14.9. The number of nitrogens with one attached hydrogen (secondary N) is 1. The van der Waals surface area contributed by atoms with Gasteiger partial charge in [0, 0.05) is 0 Å². The number of carbonyl (C=O) groups is 3. The van der Waals surface area contributed by atoms with Crippen molar-refractivity contribution in [3.63, 3.8) is 0 Å². The molecule has 8 heteroatoms. The summed E-state index contributed by atoms with van der Waals surface area (Å²) in [7, 11) is 2.34. The fourth-order valence-corrected chi connectivity index (χ4v) is 2.97. The Labute approximate surface area is 121 Å². The first kappa shape index (κ1) is 15.5. The second kappa shape index (κ2) is 5.45. The molecule has 0 aliphatic carbocycles. The summed E-state index contributed by atoms with van der Waals surface area (Å²) >= 11 is 0. The van der Waals surface area contributed by atoms with Crippen LogP contribution in [0.4, 0.5) is 0 Å². The van der Waals surface area contributed by atoms with Gasteiger partial charge in [-0.25, -0.2) is 4.79 Å². The number of fused-ring (bicyclic) bond motifs is 1. The van der Waals surface area contributed by atoms with E-state index in [9.17, 15) is 19.5 Å². The van der Waals surface area contributed by atoms with E-state index in [0.29, 0.717) is 0 Å². The van der Waals surface area contributed by atoms with Gasteiger partial charge in [0.2, 0.25) is 5.91 Å². The molecule has 2 saturated heterocycles. The molecule has 2 N–H and O–H groups in total. The average Bonchev–Trinajstić information content (AvgIpc) is 2.91. The molecule has 8 nitrogen and oxygen atoms in total. The van der Waals surface area contributed by atoms with Crippen molar-refractivity contribution in [3.05, 3.63) is 12.7 Å². The number of hydrogen-bond acceptors (Lipinski definition) is 7. The quantitative estimate of drug-likeness (QED) is 0.481. The second-order valence-electron chi connectivity index (χ2n) is 4.96. The lowest BCUT2D eigenvalue weighted by Gasteiger charge is -2.30. The number of amides is 1. The fourth-order valence-electron chi connectivity index (χ4n) is 2.97. The number of ether oxygens (including phenoxy) is 3. The van der Waals surface area contributed by atoms with E-state index in [2.05, 4.69) is 21.4 Å². The van der Waals surface area contributed by atoms with Crippen LogP contribution in [-0.2, 0) is 28.6 Å². The average molecular weight is 299 g/mol. The first-order valence-electron chi connectivity index (χ1n) is 6.34. The molecule has 0 spiro atoms. The van der Waals surface area contributed by atoms with Crippen LogP contribution in [0.25, 0.3) is 0 Å². The van der Waals surface area contributed by atoms with Crippen LogP contribution in [0.15, 0.2) is 12.7 Å². The van der Waals surface area contributed by atoms with Crippen molar-refractivity contribution in [1.29, 1.82) is 0 Å². The van der Waals surface area contributed by atoms with E-state index in [1.807, 2.05) is 0 Å². The Morgan fingerprint density at radius 3 is 2.67 bits per heavy atom. The maximum absolute atomic E-state index is 12.1. The number of aliphatic hydroxyl groups excluding tert-OH is 1. The zero-order valence-electron chi connectivity index (χ0n) is 11.7. The summed E-state index contributed by atoms with van der Waals surface area (Å²) in [4.78, 5) is 35.7. The minimum Gasteiger partial charge on any atom is -0.469 e. The first-order chi connectivity index (χ1) is 9.91. The third-order valence-electron chi connectivity index (χ3n) is 3.94. The van der Waals surface area contributed by atoms with Gasteiger partial charge in [-0.2, -0.15) is 0 Å². The lowest BCUT2D eigenvalue weighted by molar-refractivity contribution is -0.159. The maximum atomic E-state index is 12.1. The van der Waals surface area contributed by atoms with Gasteiger partial charge < -0.3 is 24.6 Å². The van der Waals surface area contributed by atoms with E-state index in [1.54, 1.807) is 0 Å². The lowest BCUT2D eigenvalue weighted by atomic mass is 9.80. The Morgan fingerprint density at radius 2 is 2.14 bits per heavy atom. The molecule has 5 atom stereocenters. The molecule has 2 aliphatic rings. The smallest absolute Gasteiger partial charge is 0.331 e. The van der Waals surface area contributed by atoms with Crippen LogP contribution in [-0.4, -0.2) is 61.0 Å². The Kier molecular flexibility index (Phi) is 4.02. The third-order valence-corrected chi connectivity index (χ3v) is 3.94. The predicted molar refractivity (Wildman–Crippen MR) is 67.9 cm³/mol. The Balaban J connectivity index is 2.46. The minimum atomic E-state index is -1.55. The van der Waals surface area contributed by atoms with Crippen LogP contribution < -0.4 is 5.32 Å². The third kappa shape index (κ3) is 2.20. The van der Waals surface area contributed by atoms with Crippen LogP contribution in [0, 0.1) is 5.92 Å². The molecule has 2 rings (SSSR count). The highest BCUT2D eigenvalue weighted by Crippen LogP contribution is 2.46. The van der Waals surface area contributed by atoms with Crippen molar-refractivity contribution < 1.29 is 33.7 Å². The van der Waals surface area contributed by atoms with Crippen molar-refractivity contribution in [2.24, 2.45) is 5.92 Å². The van der Waals surface area contributed by atoms with Crippen molar-refractivity contribution in [2.75, 3.05) is 14.2 Å². The van der Waals surface area contributed by atoms with Gasteiger partial charge in [0.25, 0.3) is 0 Å². The summed E-state index contributed by atoms with van der Waals surface area (Å²) in [5, 5.41) is 12.6. The van der Waals surface area contributed by atoms with E-state index >= 15 is 0 Å². The minimum absolute atomic E-state index is 0.367. The zero-order valence-corrected chi connectivity index (χ0v) is 11.7. The predicted octanol–water partition coefficient (Wildman–Crippen LogP) is -1.48. The molecule has 0 aromatic rings. The van der Waals surface area contributed by atoms with Crippen molar-refractivity contribution in [3.8, 4) is 0 Å². The summed E-state index contributed by atoms with van der Waals surface area (Å²) in [6.07, 6.45) is -1.11. The van der Waals surface area contributed by atoms with Gasteiger partial charge in [-0.15, -0.1) is 6.58 Å². The summed E-state index contributed by atoms with van der Waals surface area (Å²) in [5.41, 5.74) is -1.55. The molecule has 21 heavy (non-hydrogen) atoms. The first-order valence-corrected chi connectivity index (χ1v) is 6.34. The summed E-state index contributed by atoms with van der Waals surface area (Å²) in [6, 6.07) is -1.20. The van der Waals surface area contributed by atoms with Crippen molar-refractivity contribution in [1.82, 2.24) is 5.32 Å². The Morgan fingerprint density at radius 1 is 1.48 bits per heavy atom. The molecule has 2 heterocycles. The van der Waals surface area contributed by atoms with Crippen LogP contribution in [0.3, 0.4) is 0 Å². The van der Waals surface area contributed by atoms with Crippen molar-refractivity contribution >= 4 is 17.8 Å². The highest BCUT2D eigenvalue weighted by Gasteiger charge is 2.68. The van der Waals surface area contributed by atoms with Gasteiger partial charge in [-0.3, -0.25) is 9.59 Å². The lowest BCUT2D eigenvalue weighted by Crippen LogP contribution is -2.52. The molecule has 0 aromatic heterocycles. The van der Waals surface area contributed by atoms with Crippen LogP contribution in [0.2, 0.25) is 0 Å². The molecule has 2 fully saturated rings. The van der Waals surface area contributed by atoms with Gasteiger partial charge in [0.1, 0.15) is 11.7 Å². The largest absolute Gasteiger partial charge is 0.469 e. The topological polar surface area (TPSA) is 111 Å². The molecule has 0 saturated carbocycles. The van der Waals surface area contributed by atoms with Gasteiger partial charge in [-0.05, 0) is 0 Å². The molecule has 1 unspecified atom stereocenters. The number of hydrogen-bond donors (Lipinski definition) is 2. The monoisotopic (exact) mass is 299 g/mol. The summed E-state index contributed by atoms with van der Waals surface area (Å²) in [5.74, 6) is -3.08. The SMILES string of the molecule is C=C[C@@H]1O[C@]2(CC(=O)OC)C(C(=O)N[C@H]2C(=O)OC)[C@@H]1O. The summed E-state index contributed by atoms with van der Waals surface area (Å²) in [6.45, 7) is 3.52. The number of aliphatic hydroxyl groups is 1. The molecule has 116 valence electrons. The van der Waals surface area contributed by atoms with Gasteiger partial charge in [0.05, 0.1) is 32.7 Å². The molecule has 0 bridgehead atoms. The highest BCUT2D eigenvalue weighted by molar-refractivity contribution is 5.94. The molecule has 1 amide bonds. The van der Waals surface area contributed by atoms with Gasteiger partial charge >= 0.3 is 11.9 Å². The highest BCUT2D eigenvalue weighted by atomic mass is 16.6. The number of carbonyl (C=O) groups excluding carboxylic acids is 3. The molecule has 0 aromatic carbocycles.